The van der Waals surface area contributed by atoms with Crippen molar-refractivity contribution in [2.24, 2.45) is 0 Å². The summed E-state index contributed by atoms with van der Waals surface area (Å²) in [7, 11) is 1.34. The maximum atomic E-state index is 12.0. The second kappa shape index (κ2) is 6.32. The molecule has 132 valence electrons. The van der Waals surface area contributed by atoms with Gasteiger partial charge in [0.1, 0.15) is 11.4 Å². The van der Waals surface area contributed by atoms with E-state index in [0.717, 1.165) is 0 Å². The minimum absolute atomic E-state index is 0.00810. The van der Waals surface area contributed by atoms with Gasteiger partial charge in [-0.15, -0.1) is 0 Å². The Morgan fingerprint density at radius 3 is 2.38 bits per heavy atom. The van der Waals surface area contributed by atoms with E-state index in [1.165, 1.54) is 25.3 Å². The predicted octanol–water partition coefficient (Wildman–Crippen LogP) is 2.87. The normalized spacial score (nSPS) is 17.0. The number of amides is 1. The summed E-state index contributed by atoms with van der Waals surface area (Å²) in [6, 6.07) is 4.42. The molecule has 2 rings (SSSR count). The number of carboxylic acid groups (broad SMARTS) is 1. The van der Waals surface area contributed by atoms with Crippen molar-refractivity contribution in [1.82, 2.24) is 0 Å². The highest BCUT2D eigenvalue weighted by molar-refractivity contribution is 5.87. The van der Waals surface area contributed by atoms with Crippen molar-refractivity contribution in [1.29, 1.82) is 0 Å². The van der Waals surface area contributed by atoms with E-state index >= 15 is 0 Å². The fourth-order valence-electron chi connectivity index (χ4n) is 2.84. The van der Waals surface area contributed by atoms with E-state index in [1.54, 1.807) is 20.8 Å². The molecule has 1 atom stereocenters. The Hall–Kier alpha value is -2.28. The minimum Gasteiger partial charge on any atom is -0.508 e. The molecule has 1 aromatic rings. The third kappa shape index (κ3) is 3.79. The van der Waals surface area contributed by atoms with Gasteiger partial charge in [0.25, 0.3) is 0 Å². The van der Waals surface area contributed by atoms with E-state index in [4.69, 9.17) is 9.47 Å². The van der Waals surface area contributed by atoms with Crippen LogP contribution in [0.2, 0.25) is 0 Å². The van der Waals surface area contributed by atoms with Gasteiger partial charge >= 0.3 is 12.1 Å². The molecule has 1 saturated carbocycles. The van der Waals surface area contributed by atoms with Crippen molar-refractivity contribution in [2.75, 3.05) is 12.4 Å². The van der Waals surface area contributed by atoms with Crippen molar-refractivity contribution in [3.63, 3.8) is 0 Å². The molecule has 3 N–H and O–H groups in total. The van der Waals surface area contributed by atoms with Gasteiger partial charge in [-0.1, -0.05) is 0 Å². The van der Waals surface area contributed by atoms with Crippen molar-refractivity contribution in [3.8, 4) is 5.75 Å². The first kappa shape index (κ1) is 18.1. The van der Waals surface area contributed by atoms with Crippen LogP contribution in [0.5, 0.6) is 5.75 Å². The molecule has 1 aromatic carbocycles. The second-order valence-electron chi connectivity index (χ2n) is 6.97. The lowest BCUT2D eigenvalue weighted by molar-refractivity contribution is -0.150. The van der Waals surface area contributed by atoms with Crippen molar-refractivity contribution in [3.05, 3.63) is 23.8 Å². The Labute approximate surface area is 140 Å². The number of hydrogen-bond donors (Lipinski definition) is 3. The van der Waals surface area contributed by atoms with Gasteiger partial charge in [-0.2, -0.15) is 0 Å². The van der Waals surface area contributed by atoms with Crippen LogP contribution in [0.1, 0.15) is 39.2 Å². The van der Waals surface area contributed by atoms with E-state index in [0.29, 0.717) is 24.1 Å². The summed E-state index contributed by atoms with van der Waals surface area (Å²) in [5.74, 6) is -1.09. The lowest BCUT2D eigenvalue weighted by Gasteiger charge is -2.26. The average Bonchev–Trinajstić information content (AvgIpc) is 3.20. The number of aromatic hydroxyl groups is 1. The Kier molecular flexibility index (Phi) is 4.75. The maximum Gasteiger partial charge on any atom is 0.412 e. The number of carbonyl (C=O) groups excluding carboxylic acids is 1. The Balaban J connectivity index is 2.35. The highest BCUT2D eigenvalue weighted by Crippen LogP contribution is 2.54. The molecule has 1 unspecified atom stereocenters. The molecule has 0 radical (unpaired) electrons. The highest BCUT2D eigenvalue weighted by Gasteiger charge is 2.55. The molecule has 24 heavy (non-hydrogen) atoms. The molecule has 0 aromatic heterocycles. The molecule has 7 heteroatoms. The number of methoxy groups -OCH3 is 1. The first-order chi connectivity index (χ1) is 11.1. The van der Waals surface area contributed by atoms with Crippen LogP contribution in [0.4, 0.5) is 10.5 Å². The third-order valence-electron chi connectivity index (χ3n) is 3.93. The molecule has 1 amide bonds. The average molecular weight is 337 g/mol. The van der Waals surface area contributed by atoms with E-state index in [9.17, 15) is 19.8 Å². The Bertz CT molecular complexity index is 645. The van der Waals surface area contributed by atoms with Crippen LogP contribution in [0.15, 0.2) is 18.2 Å². The number of ether oxygens (including phenoxy) is 2. The number of nitrogens with one attached hydrogen (secondary N) is 1. The lowest BCUT2D eigenvalue weighted by Crippen LogP contribution is -2.36. The molecule has 0 aliphatic heterocycles. The number of phenols is 1. The molecule has 0 saturated heterocycles. The van der Waals surface area contributed by atoms with Crippen LogP contribution >= 0.6 is 0 Å². The Morgan fingerprint density at radius 1 is 1.29 bits per heavy atom. The molecule has 0 bridgehead atoms. The van der Waals surface area contributed by atoms with Crippen LogP contribution < -0.4 is 5.32 Å². The second-order valence-corrected chi connectivity index (χ2v) is 6.97. The van der Waals surface area contributed by atoms with Crippen molar-refractivity contribution in [2.45, 2.75) is 50.7 Å². The molecular formula is C17H23NO6. The van der Waals surface area contributed by atoms with Gasteiger partial charge in [0.05, 0.1) is 0 Å². The predicted molar refractivity (Wildman–Crippen MR) is 87.3 cm³/mol. The molecule has 1 fully saturated rings. The van der Waals surface area contributed by atoms with E-state index in [1.807, 2.05) is 0 Å². The number of rotatable bonds is 5. The smallest absolute Gasteiger partial charge is 0.412 e. The summed E-state index contributed by atoms with van der Waals surface area (Å²) in [6.45, 7) is 5.24. The summed E-state index contributed by atoms with van der Waals surface area (Å²) < 4.78 is 10.4. The van der Waals surface area contributed by atoms with Gasteiger partial charge in [0.2, 0.25) is 0 Å². The van der Waals surface area contributed by atoms with Gasteiger partial charge in [0, 0.05) is 18.2 Å². The number of carbonyl (C=O) groups is 2. The van der Waals surface area contributed by atoms with Crippen LogP contribution in [-0.2, 0) is 19.7 Å². The van der Waals surface area contributed by atoms with Crippen LogP contribution in [0, 0.1) is 0 Å². The summed E-state index contributed by atoms with van der Waals surface area (Å²) in [4.78, 5) is 23.5. The monoisotopic (exact) mass is 337 g/mol. The van der Waals surface area contributed by atoms with Crippen LogP contribution in [0.3, 0.4) is 0 Å². The zero-order chi connectivity index (χ0) is 18.1. The van der Waals surface area contributed by atoms with E-state index in [-0.39, 0.29) is 5.75 Å². The van der Waals surface area contributed by atoms with Crippen LogP contribution in [0.25, 0.3) is 0 Å². The van der Waals surface area contributed by atoms with E-state index in [2.05, 4.69) is 5.32 Å². The lowest BCUT2D eigenvalue weighted by atomic mass is 9.88. The number of carboxylic acids is 1. The van der Waals surface area contributed by atoms with Crippen molar-refractivity contribution < 1.29 is 29.3 Å². The number of anilines is 1. The van der Waals surface area contributed by atoms with Gasteiger partial charge in [0.15, 0.2) is 6.10 Å². The number of benzene rings is 1. The SMILES string of the molecule is COC(C(=O)O)C1(c2cc(O)ccc2NC(=O)OC(C)(C)C)CC1. The summed E-state index contributed by atoms with van der Waals surface area (Å²) in [5, 5.41) is 21.9. The zero-order valence-electron chi connectivity index (χ0n) is 14.3. The quantitative estimate of drug-likeness (QED) is 0.714. The summed E-state index contributed by atoms with van der Waals surface area (Å²) in [6.07, 6.45) is -0.526. The third-order valence-corrected chi connectivity index (χ3v) is 3.93. The molecular weight excluding hydrogens is 314 g/mol. The van der Waals surface area contributed by atoms with Crippen LogP contribution in [-0.4, -0.2) is 41.1 Å². The van der Waals surface area contributed by atoms with Gasteiger partial charge in [-0.05, 0) is 57.4 Å². The van der Waals surface area contributed by atoms with Gasteiger partial charge < -0.3 is 19.7 Å². The first-order valence-corrected chi connectivity index (χ1v) is 7.68. The molecule has 1 aliphatic carbocycles. The molecule has 7 nitrogen and oxygen atoms in total. The number of aliphatic carboxylic acids is 1. The minimum atomic E-state index is -1.08. The summed E-state index contributed by atoms with van der Waals surface area (Å²) in [5.41, 5.74) is -0.497. The van der Waals surface area contributed by atoms with E-state index < -0.39 is 29.2 Å². The number of hydrogen-bond acceptors (Lipinski definition) is 5. The topological polar surface area (TPSA) is 105 Å². The standard InChI is InChI=1S/C17H23NO6/c1-16(2,3)24-15(22)18-12-6-5-10(19)9-11(12)17(7-8-17)13(23-4)14(20)21/h5-6,9,13,19H,7-8H2,1-4H3,(H,18,22)(H,20,21). The van der Waals surface area contributed by atoms with Gasteiger partial charge in [-0.3, -0.25) is 5.32 Å². The Morgan fingerprint density at radius 2 is 1.92 bits per heavy atom. The van der Waals surface area contributed by atoms with Crippen molar-refractivity contribution >= 4 is 17.7 Å². The highest BCUT2D eigenvalue weighted by atomic mass is 16.6. The number of phenolic OH excluding ortho intramolecular Hbond substituents is 1. The molecule has 1 aliphatic rings. The largest absolute Gasteiger partial charge is 0.508 e. The fourth-order valence-corrected chi connectivity index (χ4v) is 2.84. The maximum absolute atomic E-state index is 12.0. The zero-order valence-corrected chi connectivity index (χ0v) is 14.3. The first-order valence-electron chi connectivity index (χ1n) is 7.68. The summed E-state index contributed by atoms with van der Waals surface area (Å²) >= 11 is 0. The molecule has 0 heterocycles. The van der Waals surface area contributed by atoms with Gasteiger partial charge in [-0.25, -0.2) is 9.59 Å². The molecule has 0 spiro atoms. The fraction of sp³-hybridized carbons (Fsp3) is 0.529.